The van der Waals surface area contributed by atoms with E-state index in [0.717, 1.165) is 30.1 Å². The fraction of sp³-hybridized carbons (Fsp3) is 0.588. The summed E-state index contributed by atoms with van der Waals surface area (Å²) in [6.07, 6.45) is 3.90. The van der Waals surface area contributed by atoms with Gasteiger partial charge in [-0.1, -0.05) is 26.0 Å². The van der Waals surface area contributed by atoms with Crippen molar-refractivity contribution in [1.29, 1.82) is 0 Å². The number of benzene rings is 1. The maximum Gasteiger partial charge on any atom is 0.140 e. The Morgan fingerprint density at radius 2 is 1.84 bits per heavy atom. The van der Waals surface area contributed by atoms with Crippen molar-refractivity contribution in [2.75, 3.05) is 7.11 Å². The summed E-state index contributed by atoms with van der Waals surface area (Å²) in [5.41, 5.74) is 1.09. The molecule has 2 nitrogen and oxygen atoms in total. The second kappa shape index (κ2) is 6.23. The number of ether oxygens (including phenoxy) is 1. The van der Waals surface area contributed by atoms with E-state index in [0.29, 0.717) is 18.1 Å². The van der Waals surface area contributed by atoms with Gasteiger partial charge in [0.2, 0.25) is 0 Å². The maximum atomic E-state index is 12.3. The molecule has 1 aliphatic carbocycles. The molecule has 3 atom stereocenters. The van der Waals surface area contributed by atoms with Crippen LogP contribution in [0.15, 0.2) is 24.3 Å². The molecule has 0 aromatic heterocycles. The molecular formula is C17H24O2. The Bertz CT molecular complexity index is 421. The highest BCUT2D eigenvalue weighted by molar-refractivity contribution is 5.83. The summed E-state index contributed by atoms with van der Waals surface area (Å²) < 4.78 is 5.13. The highest BCUT2D eigenvalue weighted by atomic mass is 16.5. The minimum Gasteiger partial charge on any atom is -0.497 e. The zero-order valence-corrected chi connectivity index (χ0v) is 12.2. The zero-order valence-electron chi connectivity index (χ0n) is 12.2. The normalized spacial score (nSPS) is 27.0. The van der Waals surface area contributed by atoms with Crippen molar-refractivity contribution in [2.45, 2.75) is 39.5 Å². The summed E-state index contributed by atoms with van der Waals surface area (Å²) in [5, 5.41) is 0. The van der Waals surface area contributed by atoms with Crippen LogP contribution in [0.1, 0.15) is 38.7 Å². The minimum atomic E-state index is 0.272. The van der Waals surface area contributed by atoms with Crippen LogP contribution in [0, 0.1) is 17.8 Å². The Morgan fingerprint density at radius 1 is 1.16 bits per heavy atom. The van der Waals surface area contributed by atoms with Crippen LogP contribution in [0.4, 0.5) is 0 Å². The molecule has 0 N–H and O–H groups in total. The van der Waals surface area contributed by atoms with E-state index in [4.69, 9.17) is 4.74 Å². The van der Waals surface area contributed by atoms with Gasteiger partial charge in [-0.2, -0.15) is 0 Å². The van der Waals surface area contributed by atoms with Gasteiger partial charge in [0.25, 0.3) is 0 Å². The lowest BCUT2D eigenvalue weighted by molar-refractivity contribution is -0.123. The Balaban J connectivity index is 1.93. The smallest absolute Gasteiger partial charge is 0.140 e. The third-order valence-electron chi connectivity index (χ3n) is 4.59. The van der Waals surface area contributed by atoms with E-state index in [-0.39, 0.29) is 5.92 Å². The third kappa shape index (κ3) is 3.59. The molecule has 0 amide bonds. The van der Waals surface area contributed by atoms with E-state index in [1.165, 1.54) is 6.42 Å². The van der Waals surface area contributed by atoms with Crippen LogP contribution < -0.4 is 4.74 Å². The molecule has 1 fully saturated rings. The molecule has 19 heavy (non-hydrogen) atoms. The number of Topliss-reactive ketones (excluding diaryl/α,β-unsaturated/α-hetero) is 1. The second-order valence-corrected chi connectivity index (χ2v) is 5.96. The van der Waals surface area contributed by atoms with Crippen molar-refractivity contribution in [3.63, 3.8) is 0 Å². The van der Waals surface area contributed by atoms with E-state index in [1.54, 1.807) is 7.11 Å². The van der Waals surface area contributed by atoms with Crippen molar-refractivity contribution >= 4 is 5.78 Å². The number of hydrogen-bond acceptors (Lipinski definition) is 2. The van der Waals surface area contributed by atoms with Crippen molar-refractivity contribution < 1.29 is 9.53 Å². The highest BCUT2D eigenvalue weighted by Crippen LogP contribution is 2.34. The topological polar surface area (TPSA) is 26.3 Å². The van der Waals surface area contributed by atoms with Gasteiger partial charge >= 0.3 is 0 Å². The van der Waals surface area contributed by atoms with E-state index in [9.17, 15) is 4.79 Å². The van der Waals surface area contributed by atoms with Crippen molar-refractivity contribution in [2.24, 2.45) is 17.8 Å². The van der Waals surface area contributed by atoms with Gasteiger partial charge in [0.05, 0.1) is 7.11 Å². The van der Waals surface area contributed by atoms with Crippen LogP contribution in [0.25, 0.3) is 0 Å². The first kappa shape index (κ1) is 14.1. The van der Waals surface area contributed by atoms with Gasteiger partial charge < -0.3 is 4.74 Å². The van der Waals surface area contributed by atoms with Crippen LogP contribution in [0.2, 0.25) is 0 Å². The van der Waals surface area contributed by atoms with Crippen LogP contribution in [0.3, 0.4) is 0 Å². The van der Waals surface area contributed by atoms with Gasteiger partial charge in [-0.25, -0.2) is 0 Å². The number of ketones is 1. The van der Waals surface area contributed by atoms with Crippen LogP contribution in [-0.4, -0.2) is 12.9 Å². The number of hydrogen-bond donors (Lipinski definition) is 0. The van der Waals surface area contributed by atoms with Crippen LogP contribution >= 0.6 is 0 Å². The van der Waals surface area contributed by atoms with E-state index >= 15 is 0 Å². The lowest BCUT2D eigenvalue weighted by atomic mass is 9.73. The molecule has 104 valence electrons. The first-order valence-electron chi connectivity index (χ1n) is 7.25. The average molecular weight is 260 g/mol. The molecule has 2 rings (SSSR count). The largest absolute Gasteiger partial charge is 0.497 e. The average Bonchev–Trinajstić information content (AvgIpc) is 2.42. The summed E-state index contributed by atoms with van der Waals surface area (Å²) in [6.45, 7) is 4.58. The van der Waals surface area contributed by atoms with Gasteiger partial charge in [0.1, 0.15) is 11.5 Å². The van der Waals surface area contributed by atoms with Gasteiger partial charge in [-0.3, -0.25) is 4.79 Å². The third-order valence-corrected chi connectivity index (χ3v) is 4.59. The Hall–Kier alpha value is -1.31. The number of rotatable bonds is 4. The van der Waals surface area contributed by atoms with E-state index in [2.05, 4.69) is 13.8 Å². The van der Waals surface area contributed by atoms with Crippen LogP contribution in [-0.2, 0) is 11.2 Å². The van der Waals surface area contributed by atoms with Gasteiger partial charge in [-0.05, 0) is 48.8 Å². The predicted octanol–water partition coefficient (Wildman–Crippen LogP) is 3.88. The van der Waals surface area contributed by atoms with Crippen molar-refractivity contribution in [3.8, 4) is 5.75 Å². The second-order valence-electron chi connectivity index (χ2n) is 5.96. The fourth-order valence-electron chi connectivity index (χ4n) is 2.93. The van der Waals surface area contributed by atoms with E-state index < -0.39 is 0 Å². The molecule has 0 radical (unpaired) electrons. The molecule has 0 saturated heterocycles. The van der Waals surface area contributed by atoms with Gasteiger partial charge in [-0.15, -0.1) is 0 Å². The first-order valence-corrected chi connectivity index (χ1v) is 7.25. The monoisotopic (exact) mass is 260 g/mol. The molecular weight excluding hydrogens is 236 g/mol. The van der Waals surface area contributed by atoms with Crippen LogP contribution in [0.5, 0.6) is 5.75 Å². The molecule has 0 bridgehead atoms. The van der Waals surface area contributed by atoms with Crippen molar-refractivity contribution in [1.82, 2.24) is 0 Å². The molecule has 3 unspecified atom stereocenters. The molecule has 1 aromatic rings. The summed E-state index contributed by atoms with van der Waals surface area (Å²) in [5.74, 6) is 2.97. The number of carbonyl (C=O) groups is 1. The quantitative estimate of drug-likeness (QED) is 0.821. The Morgan fingerprint density at radius 3 is 2.42 bits per heavy atom. The summed E-state index contributed by atoms with van der Waals surface area (Å²) in [7, 11) is 1.66. The molecule has 0 heterocycles. The van der Waals surface area contributed by atoms with Gasteiger partial charge in [0.15, 0.2) is 0 Å². The van der Waals surface area contributed by atoms with Gasteiger partial charge in [0, 0.05) is 12.3 Å². The molecule has 0 aliphatic heterocycles. The first-order chi connectivity index (χ1) is 9.10. The molecule has 1 aliphatic rings. The number of carbonyl (C=O) groups excluding carboxylic acids is 1. The molecule has 1 saturated carbocycles. The lowest BCUT2D eigenvalue weighted by Gasteiger charge is -2.31. The standard InChI is InChI=1S/C17H24O2/c1-12-4-7-15(10-13(12)2)17(18)11-14-5-8-16(19-3)9-6-14/h5-6,8-9,12-13,15H,4,7,10-11H2,1-3H3. The maximum absolute atomic E-state index is 12.3. The minimum absolute atomic E-state index is 0.272. The molecule has 0 spiro atoms. The summed E-state index contributed by atoms with van der Waals surface area (Å²) in [4.78, 5) is 12.3. The van der Waals surface area contributed by atoms with Crippen molar-refractivity contribution in [3.05, 3.63) is 29.8 Å². The summed E-state index contributed by atoms with van der Waals surface area (Å²) in [6, 6.07) is 7.83. The fourth-order valence-corrected chi connectivity index (χ4v) is 2.93. The SMILES string of the molecule is COc1ccc(CC(=O)C2CCC(C)C(C)C2)cc1. The zero-order chi connectivity index (χ0) is 13.8. The Labute approximate surface area is 116 Å². The van der Waals surface area contributed by atoms with E-state index in [1.807, 2.05) is 24.3 Å². The lowest BCUT2D eigenvalue weighted by Crippen LogP contribution is -2.27. The number of methoxy groups -OCH3 is 1. The summed E-state index contributed by atoms with van der Waals surface area (Å²) >= 11 is 0. The molecule has 2 heteroatoms. The molecule has 1 aromatic carbocycles. The Kier molecular flexibility index (Phi) is 4.62. The highest BCUT2D eigenvalue weighted by Gasteiger charge is 2.28. The predicted molar refractivity (Wildman–Crippen MR) is 77.4 cm³/mol.